The summed E-state index contributed by atoms with van der Waals surface area (Å²) in [5.74, 6) is 0. The van der Waals surface area contributed by atoms with Crippen LogP contribution in [-0.4, -0.2) is 14.1 Å². The van der Waals surface area contributed by atoms with Crippen LogP contribution in [0.4, 0.5) is 5.69 Å². The smallest absolute Gasteiger partial charge is 0.0361 e. The van der Waals surface area contributed by atoms with Crippen LogP contribution in [-0.2, 0) is 5.41 Å². The topological polar surface area (TPSA) is 3.24 Å². The van der Waals surface area contributed by atoms with Crippen molar-refractivity contribution in [2.24, 2.45) is 0 Å². The molecule has 0 radical (unpaired) electrons. The van der Waals surface area contributed by atoms with Gasteiger partial charge in [-0.25, -0.2) is 0 Å². The molecule has 3 aromatic carbocycles. The standard InChI is InChI=1S/C26H25NS/c1-26(22-14-16-23(17-15-22)27(2)3)18-24(20-10-6-4-7-11-20)28-25(19-26)21-12-8-5-9-13-21/h4-19H,1-3H3. The molecular weight excluding hydrogens is 358 g/mol. The summed E-state index contributed by atoms with van der Waals surface area (Å²) in [5.41, 5.74) is 4.90. The molecule has 0 N–H and O–H groups in total. The fourth-order valence-corrected chi connectivity index (χ4v) is 4.89. The largest absolute Gasteiger partial charge is 0.378 e. The van der Waals surface area contributed by atoms with Crippen LogP contribution < -0.4 is 4.90 Å². The summed E-state index contributed by atoms with van der Waals surface area (Å²) in [4.78, 5) is 4.75. The lowest BCUT2D eigenvalue weighted by atomic mass is 9.80. The van der Waals surface area contributed by atoms with Crippen LogP contribution >= 0.6 is 11.8 Å². The maximum atomic E-state index is 2.41. The van der Waals surface area contributed by atoms with Crippen molar-refractivity contribution in [3.63, 3.8) is 0 Å². The van der Waals surface area contributed by atoms with Gasteiger partial charge in [0.1, 0.15) is 0 Å². The monoisotopic (exact) mass is 383 g/mol. The number of hydrogen-bond donors (Lipinski definition) is 0. The van der Waals surface area contributed by atoms with E-state index in [1.165, 1.54) is 32.2 Å². The Balaban J connectivity index is 1.82. The first-order valence-electron chi connectivity index (χ1n) is 9.57. The van der Waals surface area contributed by atoms with Crippen LogP contribution in [0.2, 0.25) is 0 Å². The second kappa shape index (κ2) is 7.73. The fourth-order valence-electron chi connectivity index (χ4n) is 3.54. The molecule has 140 valence electrons. The second-order valence-corrected chi connectivity index (χ2v) is 8.66. The van der Waals surface area contributed by atoms with Gasteiger partial charge in [-0.15, -0.1) is 0 Å². The lowest BCUT2D eigenvalue weighted by Gasteiger charge is -2.31. The van der Waals surface area contributed by atoms with E-state index in [1.54, 1.807) is 0 Å². The summed E-state index contributed by atoms with van der Waals surface area (Å²) in [6.45, 7) is 2.31. The highest BCUT2D eigenvalue weighted by Gasteiger charge is 2.28. The summed E-state index contributed by atoms with van der Waals surface area (Å²) in [6.07, 6.45) is 4.81. The number of thioether (sulfide) groups is 1. The van der Waals surface area contributed by atoms with Crippen LogP contribution in [0.15, 0.2) is 97.1 Å². The maximum absolute atomic E-state index is 2.41. The van der Waals surface area contributed by atoms with Gasteiger partial charge in [0.15, 0.2) is 0 Å². The molecule has 0 amide bonds. The predicted octanol–water partition coefficient (Wildman–Crippen LogP) is 6.84. The molecule has 1 aliphatic heterocycles. The molecule has 1 heterocycles. The average molecular weight is 384 g/mol. The summed E-state index contributed by atoms with van der Waals surface area (Å²) in [6, 6.07) is 30.3. The molecule has 0 unspecified atom stereocenters. The van der Waals surface area contributed by atoms with Crippen LogP contribution in [0.5, 0.6) is 0 Å². The quantitative estimate of drug-likeness (QED) is 0.485. The van der Waals surface area contributed by atoms with E-state index < -0.39 is 0 Å². The Kier molecular flexibility index (Phi) is 5.15. The first-order valence-corrected chi connectivity index (χ1v) is 10.4. The van der Waals surface area contributed by atoms with E-state index in [2.05, 4.69) is 123 Å². The average Bonchev–Trinajstić information content (AvgIpc) is 2.75. The van der Waals surface area contributed by atoms with E-state index in [-0.39, 0.29) is 5.41 Å². The van der Waals surface area contributed by atoms with E-state index in [9.17, 15) is 0 Å². The van der Waals surface area contributed by atoms with Crippen molar-refractivity contribution in [2.75, 3.05) is 19.0 Å². The lowest BCUT2D eigenvalue weighted by Crippen LogP contribution is -2.19. The van der Waals surface area contributed by atoms with Crippen molar-refractivity contribution in [3.8, 4) is 0 Å². The Hall–Kier alpha value is -2.71. The zero-order chi connectivity index (χ0) is 19.6. The molecule has 0 bridgehead atoms. The molecule has 0 atom stereocenters. The third-order valence-electron chi connectivity index (χ3n) is 5.20. The maximum Gasteiger partial charge on any atom is 0.0361 e. The normalized spacial score (nSPS) is 15.5. The Morgan fingerprint density at radius 1 is 0.643 bits per heavy atom. The van der Waals surface area contributed by atoms with Gasteiger partial charge < -0.3 is 4.90 Å². The fraction of sp³-hybridized carbons (Fsp3) is 0.154. The highest BCUT2D eigenvalue weighted by atomic mass is 32.2. The summed E-state index contributed by atoms with van der Waals surface area (Å²) < 4.78 is 0. The highest BCUT2D eigenvalue weighted by Crippen LogP contribution is 2.48. The molecular formula is C26H25NS. The SMILES string of the molecule is CN(C)c1ccc(C2(C)C=C(c3ccccc3)SC(c3ccccc3)=C2)cc1. The van der Waals surface area contributed by atoms with Crippen LogP contribution in [0.25, 0.3) is 9.81 Å². The van der Waals surface area contributed by atoms with Crippen LogP contribution in [0.3, 0.4) is 0 Å². The molecule has 4 rings (SSSR count). The molecule has 0 saturated carbocycles. The molecule has 0 aliphatic carbocycles. The van der Waals surface area contributed by atoms with Crippen LogP contribution in [0, 0.1) is 0 Å². The lowest BCUT2D eigenvalue weighted by molar-refractivity contribution is 0.762. The van der Waals surface area contributed by atoms with E-state index in [4.69, 9.17) is 0 Å². The predicted molar refractivity (Wildman–Crippen MR) is 125 cm³/mol. The number of rotatable bonds is 4. The molecule has 28 heavy (non-hydrogen) atoms. The van der Waals surface area contributed by atoms with Gasteiger partial charge in [0.25, 0.3) is 0 Å². The van der Waals surface area contributed by atoms with Gasteiger partial charge in [0, 0.05) is 35.0 Å². The van der Waals surface area contributed by atoms with Crippen molar-refractivity contribution >= 4 is 27.3 Å². The van der Waals surface area contributed by atoms with Crippen molar-refractivity contribution < 1.29 is 0 Å². The highest BCUT2D eigenvalue weighted by molar-refractivity contribution is 8.16. The molecule has 2 heteroatoms. The zero-order valence-corrected chi connectivity index (χ0v) is 17.4. The van der Waals surface area contributed by atoms with E-state index in [0.29, 0.717) is 0 Å². The Bertz CT molecular complexity index is 944. The van der Waals surface area contributed by atoms with Crippen molar-refractivity contribution in [1.29, 1.82) is 0 Å². The molecule has 1 aliphatic rings. The minimum Gasteiger partial charge on any atom is -0.378 e. The first kappa shape index (κ1) is 18.6. The van der Waals surface area contributed by atoms with Gasteiger partial charge in [-0.05, 0) is 35.7 Å². The summed E-state index contributed by atoms with van der Waals surface area (Å²) in [5, 5.41) is 0. The third-order valence-corrected chi connectivity index (χ3v) is 6.35. The van der Waals surface area contributed by atoms with Crippen molar-refractivity contribution in [2.45, 2.75) is 12.3 Å². The Morgan fingerprint density at radius 3 is 1.54 bits per heavy atom. The van der Waals surface area contributed by atoms with Crippen molar-refractivity contribution in [3.05, 3.63) is 114 Å². The number of nitrogens with zero attached hydrogens (tertiary/aromatic N) is 1. The molecule has 0 fully saturated rings. The van der Waals surface area contributed by atoms with E-state index >= 15 is 0 Å². The van der Waals surface area contributed by atoms with Gasteiger partial charge in [-0.1, -0.05) is 96.7 Å². The van der Waals surface area contributed by atoms with Gasteiger partial charge in [0.2, 0.25) is 0 Å². The van der Waals surface area contributed by atoms with Gasteiger partial charge >= 0.3 is 0 Å². The summed E-state index contributed by atoms with van der Waals surface area (Å²) in [7, 11) is 4.16. The van der Waals surface area contributed by atoms with Gasteiger partial charge in [0.05, 0.1) is 0 Å². The Morgan fingerprint density at radius 2 is 1.11 bits per heavy atom. The molecule has 0 saturated heterocycles. The minimum absolute atomic E-state index is 0.160. The first-order chi connectivity index (χ1) is 13.5. The van der Waals surface area contributed by atoms with Gasteiger partial charge in [-0.2, -0.15) is 0 Å². The number of anilines is 1. The number of hydrogen-bond acceptors (Lipinski definition) is 2. The second-order valence-electron chi connectivity index (χ2n) is 7.58. The van der Waals surface area contributed by atoms with E-state index in [1.807, 2.05) is 11.8 Å². The molecule has 1 nitrogen and oxygen atoms in total. The van der Waals surface area contributed by atoms with E-state index in [0.717, 1.165) is 0 Å². The number of benzene rings is 3. The number of allylic oxidation sites excluding steroid dienone is 2. The van der Waals surface area contributed by atoms with Crippen LogP contribution in [0.1, 0.15) is 23.6 Å². The Labute approximate surface area is 172 Å². The molecule has 3 aromatic rings. The third kappa shape index (κ3) is 3.79. The molecule has 0 aromatic heterocycles. The summed E-state index contributed by atoms with van der Waals surface area (Å²) >= 11 is 1.86. The van der Waals surface area contributed by atoms with Gasteiger partial charge in [-0.3, -0.25) is 0 Å². The minimum atomic E-state index is -0.160. The zero-order valence-electron chi connectivity index (χ0n) is 16.6. The van der Waals surface area contributed by atoms with Crippen molar-refractivity contribution in [1.82, 2.24) is 0 Å². The molecule has 0 spiro atoms.